The lowest BCUT2D eigenvalue weighted by Crippen LogP contribution is -2.42. The first-order valence-electron chi connectivity index (χ1n) is 14.5. The summed E-state index contributed by atoms with van der Waals surface area (Å²) in [5, 5.41) is 13.4. The zero-order chi connectivity index (χ0) is 34.7. The monoisotopic (exact) mass is 678 g/mol. The second-order valence-corrected chi connectivity index (χ2v) is 13.5. The molecule has 0 saturated carbocycles. The first-order valence-corrected chi connectivity index (χ1v) is 15.4. The first-order chi connectivity index (χ1) is 21.8. The Morgan fingerprint density at radius 3 is 2.21 bits per heavy atom. The Labute approximate surface area is 274 Å². The van der Waals surface area contributed by atoms with E-state index in [0.29, 0.717) is 16.2 Å². The summed E-state index contributed by atoms with van der Waals surface area (Å²) >= 11 is 1.20. The predicted octanol–water partition coefficient (Wildman–Crippen LogP) is 7.28. The summed E-state index contributed by atoms with van der Waals surface area (Å²) in [6, 6.07) is 9.29. The third kappa shape index (κ3) is 9.24. The number of alkyl halides is 3. The van der Waals surface area contributed by atoms with E-state index in [2.05, 4.69) is 15.3 Å². The number of para-hydroxylation sites is 1. The van der Waals surface area contributed by atoms with Gasteiger partial charge in [-0.25, -0.2) is 14.3 Å². The molecule has 0 aliphatic carbocycles. The van der Waals surface area contributed by atoms with Crippen molar-refractivity contribution in [3.63, 3.8) is 0 Å². The summed E-state index contributed by atoms with van der Waals surface area (Å²) in [6.07, 6.45) is -5.93. The molecular weight excluding hydrogens is 641 g/mol. The van der Waals surface area contributed by atoms with Crippen molar-refractivity contribution in [2.24, 2.45) is 0 Å². The summed E-state index contributed by atoms with van der Waals surface area (Å²) in [7, 11) is 3.02. The van der Waals surface area contributed by atoms with Crippen LogP contribution in [0.5, 0.6) is 5.75 Å². The number of carbonyl (C=O) groups is 2. The second kappa shape index (κ2) is 13.6. The Morgan fingerprint density at radius 1 is 0.936 bits per heavy atom. The maximum atomic E-state index is 13.8. The molecule has 0 saturated heterocycles. The highest BCUT2D eigenvalue weighted by atomic mass is 32.1. The summed E-state index contributed by atoms with van der Waals surface area (Å²) in [6.45, 7) is 10.7. The van der Waals surface area contributed by atoms with E-state index in [0.717, 1.165) is 10.7 Å². The minimum atomic E-state index is -4.75. The van der Waals surface area contributed by atoms with E-state index in [4.69, 9.17) is 18.6 Å². The van der Waals surface area contributed by atoms with E-state index in [1.165, 1.54) is 28.2 Å². The number of halogens is 3. The molecule has 0 spiro atoms. The number of aromatic nitrogens is 4. The summed E-state index contributed by atoms with van der Waals surface area (Å²) in [4.78, 5) is 29.0. The van der Waals surface area contributed by atoms with Gasteiger partial charge in [0.2, 0.25) is 0 Å². The van der Waals surface area contributed by atoms with Crippen LogP contribution in [0.3, 0.4) is 0 Å². The molecule has 0 fully saturated rings. The second-order valence-electron chi connectivity index (χ2n) is 12.5. The van der Waals surface area contributed by atoms with E-state index < -0.39 is 35.3 Å². The van der Waals surface area contributed by atoms with E-state index in [1.807, 2.05) is 0 Å². The molecule has 254 valence electrons. The van der Waals surface area contributed by atoms with Crippen LogP contribution in [0.2, 0.25) is 0 Å². The average molecular weight is 679 g/mol. The number of amides is 2. The normalized spacial score (nSPS) is 12.1. The molecule has 0 unspecified atom stereocenters. The van der Waals surface area contributed by atoms with Gasteiger partial charge in [0.05, 0.1) is 24.9 Å². The first kappa shape index (κ1) is 35.3. The number of methoxy groups -OCH3 is 1. The molecule has 12 nitrogen and oxygen atoms in total. The lowest BCUT2D eigenvalue weighted by atomic mass is 10.2. The highest BCUT2D eigenvalue weighted by Crippen LogP contribution is 2.36. The summed E-state index contributed by atoms with van der Waals surface area (Å²) in [5.74, 6) is 0.304. The zero-order valence-corrected chi connectivity index (χ0v) is 28.2. The standard InChI is InChI=1S/C31H37F3N6O6S/c1-29(2,3)45-27(41)38(7)13-14-39(28(42)46-30(4,5)6)17-20-15-19(18-47-20)40-22(16-24(37-40)31(32,33)34)26-36-35-25(44-26)21-11-9-10-12-23(21)43-8/h9-12,15-16,18H,13-14,17H2,1-8H3. The van der Waals surface area contributed by atoms with Gasteiger partial charge in [-0.3, -0.25) is 0 Å². The quantitative estimate of drug-likeness (QED) is 0.180. The van der Waals surface area contributed by atoms with Crippen LogP contribution in [-0.2, 0) is 22.2 Å². The van der Waals surface area contributed by atoms with Crippen LogP contribution in [0.25, 0.3) is 28.7 Å². The predicted molar refractivity (Wildman–Crippen MR) is 167 cm³/mol. The fraction of sp³-hybridized carbons (Fsp3) is 0.452. The average Bonchev–Trinajstić information content (AvgIpc) is 3.72. The number of thiophene rings is 1. The minimum Gasteiger partial charge on any atom is -0.496 e. The maximum Gasteiger partial charge on any atom is 0.435 e. The Hall–Kier alpha value is -4.60. The highest BCUT2D eigenvalue weighted by Gasteiger charge is 2.36. The van der Waals surface area contributed by atoms with Crippen molar-refractivity contribution in [1.29, 1.82) is 0 Å². The van der Waals surface area contributed by atoms with Crippen molar-refractivity contribution in [1.82, 2.24) is 29.8 Å². The lowest BCUT2D eigenvalue weighted by Gasteiger charge is -2.29. The fourth-order valence-electron chi connectivity index (χ4n) is 4.14. The Bertz CT molecular complexity index is 1700. The van der Waals surface area contributed by atoms with Gasteiger partial charge in [-0.2, -0.15) is 18.3 Å². The third-order valence-corrected chi connectivity index (χ3v) is 7.18. The zero-order valence-electron chi connectivity index (χ0n) is 27.3. The van der Waals surface area contributed by atoms with Crippen LogP contribution in [0.4, 0.5) is 22.8 Å². The molecule has 3 heterocycles. The van der Waals surface area contributed by atoms with Gasteiger partial charge in [0, 0.05) is 36.5 Å². The Balaban J connectivity index is 1.63. The molecule has 0 N–H and O–H groups in total. The van der Waals surface area contributed by atoms with E-state index in [1.54, 1.807) is 84.3 Å². The highest BCUT2D eigenvalue weighted by molar-refractivity contribution is 7.10. The molecule has 0 radical (unpaired) electrons. The van der Waals surface area contributed by atoms with E-state index >= 15 is 0 Å². The molecule has 0 aliphatic heterocycles. The molecule has 3 aromatic heterocycles. The number of likely N-dealkylation sites (N-methyl/N-ethyl adjacent to an activating group) is 1. The van der Waals surface area contributed by atoms with Crippen LogP contribution >= 0.6 is 11.3 Å². The van der Waals surface area contributed by atoms with E-state index in [-0.39, 0.29) is 42.8 Å². The summed E-state index contributed by atoms with van der Waals surface area (Å²) < 4.78 is 64.7. The van der Waals surface area contributed by atoms with Gasteiger partial charge in [0.1, 0.15) is 22.6 Å². The Kier molecular flexibility index (Phi) is 10.2. The fourth-order valence-corrected chi connectivity index (χ4v) is 5.00. The number of ether oxygens (including phenoxy) is 3. The molecule has 4 aromatic rings. The van der Waals surface area contributed by atoms with E-state index in [9.17, 15) is 22.8 Å². The molecule has 0 aliphatic rings. The van der Waals surface area contributed by atoms with Gasteiger partial charge < -0.3 is 28.4 Å². The van der Waals surface area contributed by atoms with Crippen molar-refractivity contribution >= 4 is 23.5 Å². The number of hydrogen-bond donors (Lipinski definition) is 0. The summed E-state index contributed by atoms with van der Waals surface area (Å²) in [5.41, 5.74) is -1.98. The smallest absolute Gasteiger partial charge is 0.435 e. The van der Waals surface area contributed by atoms with Crippen LogP contribution in [-0.4, -0.2) is 80.4 Å². The minimum absolute atomic E-state index is 0.0446. The van der Waals surface area contributed by atoms with Crippen LogP contribution in [0.1, 0.15) is 52.1 Å². The van der Waals surface area contributed by atoms with Gasteiger partial charge >= 0.3 is 18.4 Å². The molecule has 0 bridgehead atoms. The Morgan fingerprint density at radius 2 is 1.57 bits per heavy atom. The van der Waals surface area contributed by atoms with Crippen molar-refractivity contribution in [3.05, 3.63) is 52.3 Å². The van der Waals surface area contributed by atoms with Gasteiger partial charge in [-0.1, -0.05) is 12.1 Å². The maximum absolute atomic E-state index is 13.8. The molecule has 0 atom stereocenters. The van der Waals surface area contributed by atoms with Crippen molar-refractivity contribution in [2.45, 2.75) is 65.5 Å². The molecular formula is C31H37F3N6O6S. The number of carbonyl (C=O) groups excluding carboxylic acids is 2. The van der Waals surface area contributed by atoms with Gasteiger partial charge in [0.25, 0.3) is 11.8 Å². The number of nitrogens with zero attached hydrogens (tertiary/aromatic N) is 6. The number of rotatable bonds is 9. The lowest BCUT2D eigenvalue weighted by molar-refractivity contribution is -0.141. The topological polar surface area (TPSA) is 125 Å². The largest absolute Gasteiger partial charge is 0.496 e. The van der Waals surface area contributed by atoms with Crippen molar-refractivity contribution in [3.8, 4) is 34.5 Å². The SMILES string of the molecule is COc1ccccc1-c1nnc(-c2cc(C(F)(F)F)nn2-c2csc(CN(CCN(C)C(=O)OC(C)(C)C)C(=O)OC(C)(C)C)c2)o1. The molecule has 2 amide bonds. The van der Waals surface area contributed by atoms with Gasteiger partial charge in [-0.05, 0) is 59.7 Å². The van der Waals surface area contributed by atoms with Crippen LogP contribution in [0, 0.1) is 0 Å². The molecule has 1 aromatic carbocycles. The van der Waals surface area contributed by atoms with Gasteiger partial charge in [0.15, 0.2) is 5.69 Å². The number of hydrogen-bond acceptors (Lipinski definition) is 10. The van der Waals surface area contributed by atoms with Gasteiger partial charge in [-0.15, -0.1) is 21.5 Å². The van der Waals surface area contributed by atoms with Crippen molar-refractivity contribution in [2.75, 3.05) is 27.2 Å². The molecule has 4 rings (SSSR count). The van der Waals surface area contributed by atoms with Crippen LogP contribution in [0.15, 0.2) is 46.2 Å². The molecule has 47 heavy (non-hydrogen) atoms. The molecule has 16 heteroatoms. The third-order valence-electron chi connectivity index (χ3n) is 6.27. The van der Waals surface area contributed by atoms with Crippen LogP contribution < -0.4 is 4.74 Å². The van der Waals surface area contributed by atoms with Crippen molar-refractivity contribution < 1.29 is 41.4 Å². The number of benzene rings is 1.